The summed E-state index contributed by atoms with van der Waals surface area (Å²) in [6, 6.07) is 0.266. The maximum atomic E-state index is 12.9. The van der Waals surface area contributed by atoms with Crippen LogP contribution in [0.5, 0.6) is 0 Å². The van der Waals surface area contributed by atoms with E-state index in [4.69, 9.17) is 0 Å². The number of rotatable bonds is 4. The molecule has 2 aliphatic heterocycles. The Labute approximate surface area is 117 Å². The minimum atomic E-state index is -3.30. The molecule has 0 saturated carbocycles. The molecular weight excluding hydrogens is 262 g/mol. The van der Waals surface area contributed by atoms with E-state index in [0.717, 1.165) is 45.2 Å². The Hall–Kier alpha value is -0.170. The van der Waals surface area contributed by atoms with Crippen molar-refractivity contribution < 1.29 is 8.42 Å². The van der Waals surface area contributed by atoms with Gasteiger partial charge in [0.05, 0.1) is 0 Å². The smallest absolute Gasteiger partial charge is 0.282 e. The lowest BCUT2D eigenvalue weighted by Crippen LogP contribution is -2.55. The van der Waals surface area contributed by atoms with E-state index in [9.17, 15) is 8.42 Å². The quantitative estimate of drug-likeness (QED) is 0.845. The van der Waals surface area contributed by atoms with E-state index in [1.807, 2.05) is 13.8 Å². The zero-order valence-electron chi connectivity index (χ0n) is 12.1. The topological polar surface area (TPSA) is 52.7 Å². The molecule has 2 unspecified atom stereocenters. The van der Waals surface area contributed by atoms with Gasteiger partial charge in [-0.25, -0.2) is 0 Å². The molecule has 19 heavy (non-hydrogen) atoms. The van der Waals surface area contributed by atoms with Gasteiger partial charge in [-0.2, -0.15) is 17.0 Å². The van der Waals surface area contributed by atoms with Gasteiger partial charge in [-0.3, -0.25) is 0 Å². The SMILES string of the molecule is CCN(C1CCCNC1)S(=O)(=O)N1CCCCC1C. The number of hydrogen-bond donors (Lipinski definition) is 1. The molecule has 2 heterocycles. The largest absolute Gasteiger partial charge is 0.315 e. The Morgan fingerprint density at radius 2 is 2.05 bits per heavy atom. The Kier molecular flexibility index (Phi) is 5.22. The highest BCUT2D eigenvalue weighted by Gasteiger charge is 2.37. The van der Waals surface area contributed by atoms with Gasteiger partial charge in [-0.15, -0.1) is 0 Å². The monoisotopic (exact) mass is 289 g/mol. The number of piperidine rings is 2. The van der Waals surface area contributed by atoms with Crippen LogP contribution in [0, 0.1) is 0 Å². The fourth-order valence-corrected chi connectivity index (χ4v) is 5.31. The van der Waals surface area contributed by atoms with Gasteiger partial charge in [0.15, 0.2) is 0 Å². The van der Waals surface area contributed by atoms with Crippen LogP contribution in [0.25, 0.3) is 0 Å². The first-order chi connectivity index (χ1) is 9.07. The van der Waals surface area contributed by atoms with E-state index in [1.54, 1.807) is 8.61 Å². The van der Waals surface area contributed by atoms with Crippen molar-refractivity contribution in [1.82, 2.24) is 13.9 Å². The predicted octanol–water partition coefficient (Wildman–Crippen LogP) is 1.18. The standard InChI is InChI=1S/C13H27N3O2S/c1-3-15(13-8-6-9-14-11-13)19(17,18)16-10-5-4-7-12(16)2/h12-14H,3-11H2,1-2H3. The van der Waals surface area contributed by atoms with E-state index in [-0.39, 0.29) is 12.1 Å². The van der Waals surface area contributed by atoms with Crippen LogP contribution in [0.2, 0.25) is 0 Å². The summed E-state index contributed by atoms with van der Waals surface area (Å²) in [5.41, 5.74) is 0. The van der Waals surface area contributed by atoms with Gasteiger partial charge < -0.3 is 5.32 Å². The van der Waals surface area contributed by atoms with E-state index in [0.29, 0.717) is 13.1 Å². The van der Waals surface area contributed by atoms with Gasteiger partial charge in [0.2, 0.25) is 0 Å². The van der Waals surface area contributed by atoms with Crippen molar-refractivity contribution in [2.75, 3.05) is 26.2 Å². The normalized spacial score (nSPS) is 30.7. The molecule has 2 saturated heterocycles. The molecule has 1 N–H and O–H groups in total. The number of nitrogens with one attached hydrogen (secondary N) is 1. The van der Waals surface area contributed by atoms with E-state index < -0.39 is 10.2 Å². The van der Waals surface area contributed by atoms with Crippen molar-refractivity contribution in [3.63, 3.8) is 0 Å². The number of likely N-dealkylation sites (N-methyl/N-ethyl adjacent to an activating group) is 1. The second-order valence-electron chi connectivity index (χ2n) is 5.67. The first kappa shape index (κ1) is 15.2. The molecule has 0 aliphatic carbocycles. The van der Waals surface area contributed by atoms with Crippen LogP contribution >= 0.6 is 0 Å². The summed E-state index contributed by atoms with van der Waals surface area (Å²) in [5, 5.41) is 3.31. The van der Waals surface area contributed by atoms with Crippen LogP contribution in [-0.2, 0) is 10.2 Å². The lowest BCUT2D eigenvalue weighted by atomic mass is 10.1. The Bertz CT molecular complexity index is 379. The van der Waals surface area contributed by atoms with Gasteiger partial charge in [-0.05, 0) is 39.2 Å². The van der Waals surface area contributed by atoms with E-state index >= 15 is 0 Å². The summed E-state index contributed by atoms with van der Waals surface area (Å²) in [5.74, 6) is 0. The highest BCUT2D eigenvalue weighted by Crippen LogP contribution is 2.24. The average Bonchev–Trinajstić information content (AvgIpc) is 2.40. The minimum Gasteiger partial charge on any atom is -0.315 e. The fourth-order valence-electron chi connectivity index (χ4n) is 3.24. The molecule has 0 aromatic carbocycles. The van der Waals surface area contributed by atoms with Crippen LogP contribution in [0.4, 0.5) is 0 Å². The van der Waals surface area contributed by atoms with Crippen molar-refractivity contribution in [3.05, 3.63) is 0 Å². The maximum Gasteiger partial charge on any atom is 0.282 e. The molecule has 5 nitrogen and oxygen atoms in total. The molecule has 2 rings (SSSR count). The zero-order chi connectivity index (χ0) is 13.9. The molecule has 2 fully saturated rings. The van der Waals surface area contributed by atoms with Gasteiger partial charge in [0.1, 0.15) is 0 Å². The van der Waals surface area contributed by atoms with Crippen LogP contribution in [-0.4, -0.2) is 55.3 Å². The second kappa shape index (κ2) is 6.52. The highest BCUT2D eigenvalue weighted by molar-refractivity contribution is 7.86. The third kappa shape index (κ3) is 3.29. The molecule has 0 bridgehead atoms. The van der Waals surface area contributed by atoms with Crippen molar-refractivity contribution >= 4 is 10.2 Å². The zero-order valence-corrected chi connectivity index (χ0v) is 13.0. The van der Waals surface area contributed by atoms with Gasteiger partial charge in [-0.1, -0.05) is 13.3 Å². The summed E-state index contributed by atoms with van der Waals surface area (Å²) in [4.78, 5) is 0. The fraction of sp³-hybridized carbons (Fsp3) is 1.00. The van der Waals surface area contributed by atoms with Crippen LogP contribution in [0.15, 0.2) is 0 Å². The van der Waals surface area contributed by atoms with Crippen molar-refractivity contribution in [1.29, 1.82) is 0 Å². The third-order valence-corrected chi connectivity index (χ3v) is 6.61. The number of hydrogen-bond acceptors (Lipinski definition) is 3. The molecule has 0 aromatic rings. The first-order valence-electron chi connectivity index (χ1n) is 7.56. The van der Waals surface area contributed by atoms with Gasteiger partial charge >= 0.3 is 0 Å². The molecule has 112 valence electrons. The molecule has 2 aliphatic rings. The minimum absolute atomic E-state index is 0.123. The summed E-state index contributed by atoms with van der Waals surface area (Å²) >= 11 is 0. The Morgan fingerprint density at radius 1 is 1.26 bits per heavy atom. The van der Waals surface area contributed by atoms with Crippen LogP contribution < -0.4 is 5.32 Å². The number of nitrogens with zero attached hydrogens (tertiary/aromatic N) is 2. The predicted molar refractivity (Wildman–Crippen MR) is 77.2 cm³/mol. The van der Waals surface area contributed by atoms with Crippen molar-refractivity contribution in [2.24, 2.45) is 0 Å². The van der Waals surface area contributed by atoms with E-state index in [2.05, 4.69) is 5.32 Å². The molecule has 0 radical (unpaired) electrons. The van der Waals surface area contributed by atoms with Crippen molar-refractivity contribution in [2.45, 2.75) is 58.0 Å². The van der Waals surface area contributed by atoms with E-state index in [1.165, 1.54) is 0 Å². The Morgan fingerprint density at radius 3 is 2.63 bits per heavy atom. The molecule has 0 amide bonds. The summed E-state index contributed by atoms with van der Waals surface area (Å²) in [6.45, 7) is 7.02. The second-order valence-corrected chi connectivity index (χ2v) is 7.50. The van der Waals surface area contributed by atoms with Gasteiger partial charge in [0, 0.05) is 31.7 Å². The molecular formula is C13H27N3O2S. The molecule has 6 heteroatoms. The molecule has 0 spiro atoms. The lowest BCUT2D eigenvalue weighted by molar-refractivity contribution is 0.215. The third-order valence-electron chi connectivity index (χ3n) is 4.32. The maximum absolute atomic E-state index is 12.9. The Balaban J connectivity index is 2.14. The van der Waals surface area contributed by atoms with Crippen molar-refractivity contribution in [3.8, 4) is 0 Å². The summed E-state index contributed by atoms with van der Waals surface area (Å²) in [7, 11) is -3.30. The molecule has 2 atom stereocenters. The molecule has 0 aromatic heterocycles. The average molecular weight is 289 g/mol. The highest BCUT2D eigenvalue weighted by atomic mass is 32.2. The van der Waals surface area contributed by atoms with Crippen LogP contribution in [0.1, 0.15) is 46.0 Å². The summed E-state index contributed by atoms with van der Waals surface area (Å²) in [6.07, 6.45) is 5.16. The lowest BCUT2D eigenvalue weighted by Gasteiger charge is -2.40. The van der Waals surface area contributed by atoms with Crippen LogP contribution in [0.3, 0.4) is 0 Å². The van der Waals surface area contributed by atoms with Gasteiger partial charge in [0.25, 0.3) is 10.2 Å². The first-order valence-corrected chi connectivity index (χ1v) is 8.96. The summed E-state index contributed by atoms with van der Waals surface area (Å²) < 4.78 is 29.1.